The van der Waals surface area contributed by atoms with Crippen LogP contribution in [0, 0.1) is 12.8 Å². The van der Waals surface area contributed by atoms with Crippen molar-refractivity contribution in [1.82, 2.24) is 5.32 Å². The normalized spacial score (nSPS) is 23.0. The van der Waals surface area contributed by atoms with Gasteiger partial charge in [-0.05, 0) is 61.8 Å². The van der Waals surface area contributed by atoms with Gasteiger partial charge in [0, 0.05) is 30.3 Å². The lowest BCUT2D eigenvalue weighted by molar-refractivity contribution is -0.117. The molecule has 2 aliphatic heterocycles. The Labute approximate surface area is 173 Å². The predicted octanol–water partition coefficient (Wildman–Crippen LogP) is 4.86. The van der Waals surface area contributed by atoms with Gasteiger partial charge in [0.05, 0.1) is 0 Å². The monoisotopic (exact) mass is 400 g/mol. The Bertz CT molecular complexity index is 799. The zero-order valence-electron chi connectivity index (χ0n) is 16.3. The second-order valence-corrected chi connectivity index (χ2v) is 7.97. The van der Waals surface area contributed by atoms with Crippen molar-refractivity contribution in [1.29, 1.82) is 0 Å². The first-order chi connectivity index (χ1) is 13.2. The first-order valence-corrected chi connectivity index (χ1v) is 9.99. The molecule has 2 bridgehead atoms. The first kappa shape index (κ1) is 20.7. The number of carbonyl (C=O) groups is 1. The van der Waals surface area contributed by atoms with Gasteiger partial charge >= 0.3 is 0 Å². The highest BCUT2D eigenvalue weighted by Gasteiger charge is 2.34. The maximum absolute atomic E-state index is 12.5. The Morgan fingerprint density at radius 3 is 2.61 bits per heavy atom. The number of hydrogen-bond acceptors (Lipinski definition) is 3. The smallest absolute Gasteiger partial charge is 0.224 e. The molecule has 2 unspecified atom stereocenters. The van der Waals surface area contributed by atoms with Gasteiger partial charge < -0.3 is 15.4 Å². The third-order valence-corrected chi connectivity index (χ3v) is 5.82. The summed E-state index contributed by atoms with van der Waals surface area (Å²) in [6, 6.07) is 17.1. The molecule has 2 aromatic rings. The van der Waals surface area contributed by atoms with E-state index in [4.69, 9.17) is 4.74 Å². The maximum atomic E-state index is 12.5. The Hall–Kier alpha value is -2.04. The number of ether oxygens (including phenoxy) is 1. The minimum atomic E-state index is 0. The molecule has 0 radical (unpaired) electrons. The van der Waals surface area contributed by atoms with Crippen molar-refractivity contribution in [3.63, 3.8) is 0 Å². The van der Waals surface area contributed by atoms with Crippen molar-refractivity contribution in [2.75, 3.05) is 5.32 Å². The van der Waals surface area contributed by atoms with Crippen molar-refractivity contribution in [2.45, 2.75) is 57.7 Å². The number of amides is 1. The largest absolute Gasteiger partial charge is 0.489 e. The minimum absolute atomic E-state index is 0. The van der Waals surface area contributed by atoms with E-state index in [0.717, 1.165) is 24.3 Å². The highest BCUT2D eigenvalue weighted by atomic mass is 35.5. The molecule has 4 nitrogen and oxygen atoms in total. The third kappa shape index (κ3) is 5.27. The van der Waals surface area contributed by atoms with Gasteiger partial charge in [-0.1, -0.05) is 30.3 Å². The fourth-order valence-corrected chi connectivity index (χ4v) is 4.41. The number of rotatable bonds is 6. The molecule has 0 aromatic heterocycles. The van der Waals surface area contributed by atoms with Gasteiger partial charge in [-0.2, -0.15) is 0 Å². The average Bonchev–Trinajstić information content (AvgIpc) is 2.99. The molecule has 2 N–H and O–H groups in total. The molecule has 2 atom stereocenters. The Morgan fingerprint density at radius 2 is 1.86 bits per heavy atom. The van der Waals surface area contributed by atoms with Gasteiger partial charge in [-0.15, -0.1) is 12.4 Å². The van der Waals surface area contributed by atoms with Gasteiger partial charge in [0.15, 0.2) is 0 Å². The van der Waals surface area contributed by atoms with E-state index in [1.807, 2.05) is 36.4 Å². The lowest BCUT2D eigenvalue weighted by Gasteiger charge is -2.28. The molecular weight excluding hydrogens is 372 g/mol. The van der Waals surface area contributed by atoms with Gasteiger partial charge in [-0.3, -0.25) is 4.79 Å². The summed E-state index contributed by atoms with van der Waals surface area (Å²) in [6.07, 6.45) is 5.40. The minimum Gasteiger partial charge on any atom is -0.489 e. The summed E-state index contributed by atoms with van der Waals surface area (Å²) in [5, 5.41) is 6.68. The summed E-state index contributed by atoms with van der Waals surface area (Å²) < 4.78 is 5.92. The molecule has 2 heterocycles. The van der Waals surface area contributed by atoms with Crippen LogP contribution < -0.4 is 15.4 Å². The number of anilines is 1. The van der Waals surface area contributed by atoms with Crippen LogP contribution in [0.1, 0.15) is 43.2 Å². The lowest BCUT2D eigenvalue weighted by Crippen LogP contribution is -2.39. The molecule has 2 aliphatic rings. The number of nitrogens with one attached hydrogen (secondary N) is 2. The van der Waals surface area contributed by atoms with Crippen LogP contribution >= 0.6 is 12.4 Å². The highest BCUT2D eigenvalue weighted by molar-refractivity contribution is 5.91. The molecule has 28 heavy (non-hydrogen) atoms. The van der Waals surface area contributed by atoms with Crippen LogP contribution in [0.25, 0.3) is 0 Å². The van der Waals surface area contributed by atoms with E-state index in [9.17, 15) is 4.79 Å². The SMILES string of the molecule is Cc1ccccc1COc1cccc(NC(=O)CC2CC3CCC(C2)N3)c1.Cl. The van der Waals surface area contributed by atoms with Crippen LogP contribution in [0.3, 0.4) is 0 Å². The lowest BCUT2D eigenvalue weighted by atomic mass is 9.89. The Balaban J connectivity index is 0.00000225. The summed E-state index contributed by atoms with van der Waals surface area (Å²) in [7, 11) is 0. The van der Waals surface area contributed by atoms with E-state index in [1.54, 1.807) is 0 Å². The highest BCUT2D eigenvalue weighted by Crippen LogP contribution is 2.33. The molecule has 0 saturated carbocycles. The molecular formula is C23H29ClN2O2. The number of hydrogen-bond donors (Lipinski definition) is 2. The average molecular weight is 401 g/mol. The number of halogens is 1. The van der Waals surface area contributed by atoms with E-state index < -0.39 is 0 Å². The number of benzene rings is 2. The van der Waals surface area contributed by atoms with Gasteiger partial charge in [0.2, 0.25) is 5.91 Å². The Kier molecular flexibility index (Phi) is 6.97. The van der Waals surface area contributed by atoms with Gasteiger partial charge in [0.1, 0.15) is 12.4 Å². The molecule has 2 fully saturated rings. The van der Waals surface area contributed by atoms with Crippen LogP contribution in [-0.4, -0.2) is 18.0 Å². The summed E-state index contributed by atoms with van der Waals surface area (Å²) >= 11 is 0. The number of carbonyl (C=O) groups excluding carboxylic acids is 1. The van der Waals surface area contributed by atoms with Gasteiger partial charge in [-0.25, -0.2) is 0 Å². The molecule has 150 valence electrons. The summed E-state index contributed by atoms with van der Waals surface area (Å²) in [5.74, 6) is 1.39. The van der Waals surface area contributed by atoms with Gasteiger partial charge in [0.25, 0.3) is 0 Å². The molecule has 5 heteroatoms. The van der Waals surface area contributed by atoms with Crippen molar-refractivity contribution >= 4 is 24.0 Å². The van der Waals surface area contributed by atoms with E-state index >= 15 is 0 Å². The van der Waals surface area contributed by atoms with Crippen molar-refractivity contribution < 1.29 is 9.53 Å². The van der Waals surface area contributed by atoms with E-state index in [0.29, 0.717) is 31.0 Å². The molecule has 0 aliphatic carbocycles. The van der Waals surface area contributed by atoms with E-state index in [2.05, 4.69) is 29.7 Å². The summed E-state index contributed by atoms with van der Waals surface area (Å²) in [5.41, 5.74) is 3.20. The first-order valence-electron chi connectivity index (χ1n) is 9.99. The zero-order valence-corrected chi connectivity index (χ0v) is 17.1. The van der Waals surface area contributed by atoms with Crippen LogP contribution in [0.5, 0.6) is 5.75 Å². The van der Waals surface area contributed by atoms with Crippen molar-refractivity contribution in [2.24, 2.45) is 5.92 Å². The van der Waals surface area contributed by atoms with Crippen molar-refractivity contribution in [3.05, 3.63) is 59.7 Å². The number of fused-ring (bicyclic) bond motifs is 2. The number of aryl methyl sites for hydroxylation is 1. The molecule has 4 rings (SSSR count). The maximum Gasteiger partial charge on any atom is 0.224 e. The van der Waals surface area contributed by atoms with Crippen LogP contribution in [0.15, 0.2) is 48.5 Å². The van der Waals surface area contributed by atoms with Crippen LogP contribution in [0.2, 0.25) is 0 Å². The number of piperidine rings is 1. The molecule has 0 spiro atoms. The molecule has 2 aromatic carbocycles. The topological polar surface area (TPSA) is 50.4 Å². The molecule has 1 amide bonds. The fourth-order valence-electron chi connectivity index (χ4n) is 4.41. The third-order valence-electron chi connectivity index (χ3n) is 5.82. The van der Waals surface area contributed by atoms with Crippen LogP contribution in [0.4, 0.5) is 5.69 Å². The standard InChI is InChI=1S/C23H28N2O2.ClH/c1-16-5-2-3-6-18(16)15-27-22-8-4-7-19(14-22)25-23(26)13-17-11-20-9-10-21(12-17)24-20;/h2-8,14,17,20-21,24H,9-13,15H2,1H3,(H,25,26);1H. The fraction of sp³-hybridized carbons (Fsp3) is 0.435. The van der Waals surface area contributed by atoms with Crippen molar-refractivity contribution in [3.8, 4) is 5.75 Å². The predicted molar refractivity (Wildman–Crippen MR) is 115 cm³/mol. The zero-order chi connectivity index (χ0) is 18.6. The summed E-state index contributed by atoms with van der Waals surface area (Å²) in [4.78, 5) is 12.5. The molecule has 2 saturated heterocycles. The quantitative estimate of drug-likeness (QED) is 0.728. The van der Waals surface area contributed by atoms with E-state index in [-0.39, 0.29) is 18.3 Å². The summed E-state index contributed by atoms with van der Waals surface area (Å²) in [6.45, 7) is 2.62. The second kappa shape index (κ2) is 9.44. The second-order valence-electron chi connectivity index (χ2n) is 7.97. The Morgan fingerprint density at radius 1 is 1.11 bits per heavy atom. The van der Waals surface area contributed by atoms with E-state index in [1.165, 1.54) is 24.0 Å². The van der Waals surface area contributed by atoms with Crippen LogP contribution in [-0.2, 0) is 11.4 Å².